The van der Waals surface area contributed by atoms with Crippen LogP contribution in [0.4, 0.5) is 30.6 Å². The Balaban J connectivity index is 1.60. The molecule has 0 unspecified atom stereocenters. The maximum absolute atomic E-state index is 13.7. The van der Waals surface area contributed by atoms with Crippen molar-refractivity contribution in [3.8, 4) is 0 Å². The van der Waals surface area contributed by atoms with E-state index in [-0.39, 0.29) is 42.6 Å². The molecule has 0 atom stereocenters. The van der Waals surface area contributed by atoms with Gasteiger partial charge in [-0.05, 0) is 54.2 Å². The molecular formula is C24H25F3N6O3S. The average Bonchev–Trinajstić information content (AvgIpc) is 3.01. The van der Waals surface area contributed by atoms with Crippen molar-refractivity contribution < 1.29 is 26.4 Å². The monoisotopic (exact) mass is 534 g/mol. The van der Waals surface area contributed by atoms with Crippen LogP contribution in [0.3, 0.4) is 0 Å². The molecule has 37 heavy (non-hydrogen) atoms. The number of benzene rings is 1. The zero-order chi connectivity index (χ0) is 26.8. The van der Waals surface area contributed by atoms with Crippen LogP contribution >= 0.6 is 0 Å². The van der Waals surface area contributed by atoms with Gasteiger partial charge in [-0.1, -0.05) is 12.1 Å². The highest BCUT2D eigenvalue weighted by Crippen LogP contribution is 2.33. The first-order valence-corrected chi connectivity index (χ1v) is 13.2. The fourth-order valence-electron chi connectivity index (χ4n) is 4.03. The van der Waals surface area contributed by atoms with Gasteiger partial charge >= 0.3 is 6.18 Å². The number of rotatable bonds is 7. The average molecular weight is 535 g/mol. The number of halogens is 3. The van der Waals surface area contributed by atoms with Gasteiger partial charge in [-0.3, -0.25) is 9.10 Å². The van der Waals surface area contributed by atoms with Gasteiger partial charge in [-0.25, -0.2) is 23.4 Å². The second-order valence-electron chi connectivity index (χ2n) is 8.65. The third-order valence-corrected chi connectivity index (χ3v) is 7.17. The molecule has 0 bridgehead atoms. The van der Waals surface area contributed by atoms with Crippen molar-refractivity contribution in [1.29, 1.82) is 0 Å². The number of carbonyl (C=O) groups is 1. The lowest BCUT2D eigenvalue weighted by molar-refractivity contribution is -0.138. The predicted molar refractivity (Wildman–Crippen MR) is 132 cm³/mol. The quantitative estimate of drug-likeness (QED) is 0.479. The minimum Gasteiger partial charge on any atom is -0.355 e. The maximum atomic E-state index is 13.7. The number of hydrogen-bond donors (Lipinski definition) is 2. The Morgan fingerprint density at radius 1 is 1.14 bits per heavy atom. The normalized spacial score (nSPS) is 13.9. The minimum absolute atomic E-state index is 0.00885. The van der Waals surface area contributed by atoms with Crippen LogP contribution in [-0.2, 0) is 46.7 Å². The van der Waals surface area contributed by atoms with Gasteiger partial charge in [-0.15, -0.1) is 0 Å². The van der Waals surface area contributed by atoms with Crippen LogP contribution < -0.4 is 14.9 Å². The summed E-state index contributed by atoms with van der Waals surface area (Å²) in [6.45, 7) is 0.501. The van der Waals surface area contributed by atoms with Crippen LogP contribution in [0.2, 0.25) is 0 Å². The Morgan fingerprint density at radius 2 is 1.92 bits per heavy atom. The van der Waals surface area contributed by atoms with Crippen LogP contribution in [0.15, 0.2) is 42.7 Å². The number of aryl methyl sites for hydroxylation is 2. The van der Waals surface area contributed by atoms with Crippen LogP contribution in [-0.4, -0.2) is 49.1 Å². The van der Waals surface area contributed by atoms with Gasteiger partial charge in [0.2, 0.25) is 21.9 Å². The third kappa shape index (κ3) is 6.34. The molecule has 0 fully saturated rings. The minimum atomic E-state index is -4.67. The summed E-state index contributed by atoms with van der Waals surface area (Å²) in [5.41, 5.74) is 1.70. The molecule has 1 aliphatic heterocycles. The largest absolute Gasteiger partial charge is 0.419 e. The number of fused-ring (bicyclic) bond motifs is 1. The number of sulfonamides is 1. The van der Waals surface area contributed by atoms with Gasteiger partial charge in [0.15, 0.2) is 0 Å². The number of hydrogen-bond acceptors (Lipinski definition) is 7. The van der Waals surface area contributed by atoms with Gasteiger partial charge in [0.05, 0.1) is 23.9 Å². The van der Waals surface area contributed by atoms with E-state index < -0.39 is 21.8 Å². The molecule has 9 nitrogen and oxygen atoms in total. The molecule has 1 aromatic carbocycles. The third-order valence-electron chi connectivity index (χ3n) is 6.00. The molecule has 0 radical (unpaired) electrons. The van der Waals surface area contributed by atoms with E-state index in [0.717, 1.165) is 27.9 Å². The van der Waals surface area contributed by atoms with Crippen molar-refractivity contribution in [2.24, 2.45) is 0 Å². The number of nitrogens with one attached hydrogen (secondary N) is 2. The Kier molecular flexibility index (Phi) is 7.35. The van der Waals surface area contributed by atoms with Crippen LogP contribution in [0.25, 0.3) is 0 Å². The predicted octanol–water partition coefficient (Wildman–Crippen LogP) is 3.03. The summed E-state index contributed by atoms with van der Waals surface area (Å²) in [6.07, 6.45) is -0.648. The first-order valence-electron chi connectivity index (χ1n) is 11.4. The molecule has 0 spiro atoms. The van der Waals surface area contributed by atoms with E-state index in [9.17, 15) is 26.4 Å². The highest BCUT2D eigenvalue weighted by molar-refractivity contribution is 7.92. The van der Waals surface area contributed by atoms with Crippen molar-refractivity contribution in [3.05, 3.63) is 70.7 Å². The van der Waals surface area contributed by atoms with E-state index in [1.165, 1.54) is 13.2 Å². The lowest BCUT2D eigenvalue weighted by Crippen LogP contribution is -2.27. The van der Waals surface area contributed by atoms with Gasteiger partial charge < -0.3 is 10.6 Å². The first-order chi connectivity index (χ1) is 17.4. The molecule has 0 saturated heterocycles. The van der Waals surface area contributed by atoms with Crippen molar-refractivity contribution >= 4 is 33.4 Å². The molecule has 4 rings (SSSR count). The second kappa shape index (κ2) is 10.3. The lowest BCUT2D eigenvalue weighted by Gasteiger charge is -2.19. The molecule has 196 valence electrons. The zero-order valence-electron chi connectivity index (χ0n) is 20.1. The van der Waals surface area contributed by atoms with E-state index in [2.05, 4.69) is 25.6 Å². The molecule has 3 heterocycles. The lowest BCUT2D eigenvalue weighted by atomic mass is 10.0. The molecule has 0 saturated carbocycles. The number of amides is 1. The molecule has 0 aliphatic carbocycles. The molecule has 2 N–H and O–H groups in total. The van der Waals surface area contributed by atoms with E-state index in [1.807, 2.05) is 6.07 Å². The smallest absolute Gasteiger partial charge is 0.355 e. The SMILES string of the molecule is CN(c1ncccc1CCc1nc(Nc2ccc3c(c2)CCNC(=O)C3)ncc1C(F)(F)F)S(C)(=O)=O. The first kappa shape index (κ1) is 26.3. The Morgan fingerprint density at radius 3 is 2.65 bits per heavy atom. The Hall–Kier alpha value is -3.74. The van der Waals surface area contributed by atoms with Crippen molar-refractivity contribution in [1.82, 2.24) is 20.3 Å². The molecule has 1 aliphatic rings. The highest BCUT2D eigenvalue weighted by Gasteiger charge is 2.35. The van der Waals surface area contributed by atoms with Crippen molar-refractivity contribution in [2.45, 2.75) is 31.9 Å². The van der Waals surface area contributed by atoms with Crippen LogP contribution in [0, 0.1) is 0 Å². The molecule has 3 aromatic rings. The van der Waals surface area contributed by atoms with Crippen LogP contribution in [0.5, 0.6) is 0 Å². The van der Waals surface area contributed by atoms with Gasteiger partial charge in [0.25, 0.3) is 0 Å². The summed E-state index contributed by atoms with van der Waals surface area (Å²) in [5.74, 6) is 0.0732. The maximum Gasteiger partial charge on any atom is 0.419 e. The van der Waals surface area contributed by atoms with Gasteiger partial charge in [-0.2, -0.15) is 13.2 Å². The van der Waals surface area contributed by atoms with E-state index in [1.54, 1.807) is 24.3 Å². The second-order valence-corrected chi connectivity index (χ2v) is 10.7. The van der Waals surface area contributed by atoms with Crippen molar-refractivity contribution in [2.75, 3.05) is 29.5 Å². The van der Waals surface area contributed by atoms with Crippen LogP contribution in [0.1, 0.15) is 27.9 Å². The summed E-state index contributed by atoms with van der Waals surface area (Å²) in [6, 6.07) is 8.57. The van der Waals surface area contributed by atoms with E-state index in [4.69, 9.17) is 0 Å². The molecular weight excluding hydrogens is 509 g/mol. The number of anilines is 3. The van der Waals surface area contributed by atoms with Gasteiger partial charge in [0.1, 0.15) is 5.82 Å². The summed E-state index contributed by atoms with van der Waals surface area (Å²) in [7, 11) is -2.28. The van der Waals surface area contributed by atoms with E-state index >= 15 is 0 Å². The number of aromatic nitrogens is 3. The highest BCUT2D eigenvalue weighted by atomic mass is 32.2. The number of carbonyl (C=O) groups excluding carboxylic acids is 1. The standard InChI is InChI=1S/C24H25F3N6O3S/c1-33(37(2,35)36)22-15(4-3-10-29-22)6-8-20-19(24(25,26)27)14-30-23(32-20)31-18-7-5-16-13-21(34)28-11-9-17(16)12-18/h3-5,7,10,12,14H,6,8-9,11,13H2,1-2H3,(H,28,34)(H,30,31,32). The summed E-state index contributed by atoms with van der Waals surface area (Å²) >= 11 is 0. The Bertz CT molecular complexity index is 1430. The number of nitrogens with zero attached hydrogens (tertiary/aromatic N) is 4. The fourth-order valence-corrected chi connectivity index (χ4v) is 4.51. The zero-order valence-corrected chi connectivity index (χ0v) is 20.9. The fraction of sp³-hybridized carbons (Fsp3) is 0.333. The summed E-state index contributed by atoms with van der Waals surface area (Å²) < 4.78 is 66.1. The molecule has 2 aromatic heterocycles. The van der Waals surface area contributed by atoms with Crippen molar-refractivity contribution in [3.63, 3.8) is 0 Å². The summed E-state index contributed by atoms with van der Waals surface area (Å²) in [5, 5.41) is 5.76. The van der Waals surface area contributed by atoms with E-state index in [0.29, 0.717) is 24.2 Å². The summed E-state index contributed by atoms with van der Waals surface area (Å²) in [4.78, 5) is 23.9. The topological polar surface area (TPSA) is 117 Å². The number of pyridine rings is 1. The number of alkyl halides is 3. The molecule has 13 heteroatoms. The van der Waals surface area contributed by atoms with Gasteiger partial charge in [0, 0.05) is 31.7 Å². The Labute approximate surface area is 212 Å². The molecule has 1 amide bonds.